The van der Waals surface area contributed by atoms with E-state index in [1.54, 1.807) is 7.11 Å². The van der Waals surface area contributed by atoms with Crippen LogP contribution in [0, 0.1) is 0 Å². The normalized spacial score (nSPS) is 22.9. The summed E-state index contributed by atoms with van der Waals surface area (Å²) in [6.45, 7) is 1.23. The lowest BCUT2D eigenvalue weighted by molar-refractivity contribution is 0.0776. The van der Waals surface area contributed by atoms with E-state index in [0.717, 1.165) is 6.07 Å². The smallest absolute Gasteiger partial charge is 0.326 e. The molecular weight excluding hydrogens is 240 g/mol. The molecule has 0 spiro atoms. The standard InChI is InChI=1S/C10H14N4O4/c1-18-7-4-11-3-6(7)12-9(16)5-2-8(15)14-10(17)13-5/h2,6-7,11H,3-4H2,1H3,(H,12,16)(H2,13,14,15,17)/t6?,7-/m1/s1. The summed E-state index contributed by atoms with van der Waals surface area (Å²) in [5.74, 6) is -0.506. The maximum absolute atomic E-state index is 11.8. The maximum atomic E-state index is 11.8. The molecule has 8 nitrogen and oxygen atoms in total. The maximum Gasteiger partial charge on any atom is 0.326 e. The number of aromatic nitrogens is 2. The van der Waals surface area contributed by atoms with Crippen molar-refractivity contribution in [2.45, 2.75) is 12.1 Å². The lowest BCUT2D eigenvalue weighted by Crippen LogP contribution is -2.44. The van der Waals surface area contributed by atoms with Gasteiger partial charge >= 0.3 is 5.69 Å². The molecule has 0 aromatic carbocycles. The predicted octanol–water partition coefficient (Wildman–Crippen LogP) is -2.22. The third-order valence-corrected chi connectivity index (χ3v) is 2.78. The van der Waals surface area contributed by atoms with Crippen molar-refractivity contribution in [1.29, 1.82) is 0 Å². The first-order valence-corrected chi connectivity index (χ1v) is 5.48. The average molecular weight is 254 g/mol. The Morgan fingerprint density at radius 3 is 2.83 bits per heavy atom. The summed E-state index contributed by atoms with van der Waals surface area (Å²) in [6.07, 6.45) is -0.123. The van der Waals surface area contributed by atoms with Gasteiger partial charge < -0.3 is 20.4 Å². The summed E-state index contributed by atoms with van der Waals surface area (Å²) < 4.78 is 5.19. The predicted molar refractivity (Wildman–Crippen MR) is 62.6 cm³/mol. The van der Waals surface area contributed by atoms with Crippen molar-refractivity contribution in [3.8, 4) is 0 Å². The Balaban J connectivity index is 2.12. The number of carbonyl (C=O) groups excluding carboxylic acids is 1. The van der Waals surface area contributed by atoms with Crippen molar-refractivity contribution in [3.63, 3.8) is 0 Å². The molecule has 1 unspecified atom stereocenters. The van der Waals surface area contributed by atoms with E-state index in [1.165, 1.54) is 0 Å². The fourth-order valence-electron chi connectivity index (χ4n) is 1.88. The molecule has 0 saturated carbocycles. The average Bonchev–Trinajstić information content (AvgIpc) is 2.75. The van der Waals surface area contributed by atoms with E-state index in [2.05, 4.69) is 15.6 Å². The van der Waals surface area contributed by atoms with Crippen LogP contribution in [0.2, 0.25) is 0 Å². The summed E-state index contributed by atoms with van der Waals surface area (Å²) in [4.78, 5) is 38.2. The molecular formula is C10H14N4O4. The molecule has 0 radical (unpaired) electrons. The van der Waals surface area contributed by atoms with Gasteiger partial charge in [0.05, 0.1) is 12.1 Å². The quantitative estimate of drug-likeness (QED) is 0.487. The van der Waals surface area contributed by atoms with Gasteiger partial charge in [-0.25, -0.2) is 4.79 Å². The highest BCUT2D eigenvalue weighted by molar-refractivity contribution is 5.92. The zero-order chi connectivity index (χ0) is 13.1. The Morgan fingerprint density at radius 2 is 2.17 bits per heavy atom. The Labute approximate surface area is 102 Å². The van der Waals surface area contributed by atoms with Crippen LogP contribution in [0.3, 0.4) is 0 Å². The zero-order valence-electron chi connectivity index (χ0n) is 9.78. The van der Waals surface area contributed by atoms with E-state index in [-0.39, 0.29) is 17.8 Å². The van der Waals surface area contributed by atoms with Crippen molar-refractivity contribution >= 4 is 5.91 Å². The number of ether oxygens (including phenoxy) is 1. The summed E-state index contributed by atoms with van der Waals surface area (Å²) in [6, 6.07) is 0.853. The second-order valence-electron chi connectivity index (χ2n) is 4.01. The first-order valence-electron chi connectivity index (χ1n) is 5.48. The highest BCUT2D eigenvalue weighted by atomic mass is 16.5. The van der Waals surface area contributed by atoms with Crippen LogP contribution < -0.4 is 21.9 Å². The Hall–Kier alpha value is -1.93. The molecule has 0 aliphatic carbocycles. The topological polar surface area (TPSA) is 116 Å². The second kappa shape index (κ2) is 5.15. The van der Waals surface area contributed by atoms with E-state index in [1.807, 2.05) is 4.98 Å². The molecule has 1 aromatic rings. The number of amides is 1. The van der Waals surface area contributed by atoms with Crippen molar-refractivity contribution in [1.82, 2.24) is 20.6 Å². The molecule has 1 fully saturated rings. The van der Waals surface area contributed by atoms with Gasteiger partial charge in [0.15, 0.2) is 0 Å². The number of carbonyl (C=O) groups is 1. The molecule has 2 heterocycles. The molecule has 1 aliphatic rings. The minimum Gasteiger partial charge on any atom is -0.378 e. The molecule has 1 aromatic heterocycles. The molecule has 18 heavy (non-hydrogen) atoms. The Bertz CT molecular complexity index is 521. The fraction of sp³-hybridized carbons (Fsp3) is 0.500. The van der Waals surface area contributed by atoms with E-state index in [4.69, 9.17) is 4.74 Å². The number of nitrogens with one attached hydrogen (secondary N) is 4. The summed E-state index contributed by atoms with van der Waals surface area (Å²) in [7, 11) is 1.56. The van der Waals surface area contributed by atoms with Gasteiger partial charge in [0.25, 0.3) is 11.5 Å². The van der Waals surface area contributed by atoms with Crippen LogP contribution in [0.5, 0.6) is 0 Å². The van der Waals surface area contributed by atoms with Crippen molar-refractivity contribution in [2.24, 2.45) is 0 Å². The number of hydrogen-bond donors (Lipinski definition) is 4. The Morgan fingerprint density at radius 1 is 1.39 bits per heavy atom. The van der Waals surface area contributed by atoms with Crippen LogP contribution in [-0.2, 0) is 4.74 Å². The molecule has 1 saturated heterocycles. The molecule has 4 N–H and O–H groups in total. The van der Waals surface area contributed by atoms with Crippen molar-refractivity contribution in [3.05, 3.63) is 32.6 Å². The van der Waals surface area contributed by atoms with E-state index in [9.17, 15) is 14.4 Å². The summed E-state index contributed by atoms with van der Waals surface area (Å²) in [5.41, 5.74) is -1.39. The molecule has 1 aliphatic heterocycles. The van der Waals surface area contributed by atoms with Gasteiger partial charge in [-0.15, -0.1) is 0 Å². The van der Waals surface area contributed by atoms with Gasteiger partial charge in [-0.05, 0) is 0 Å². The van der Waals surface area contributed by atoms with Gasteiger partial charge in [-0.2, -0.15) is 0 Å². The van der Waals surface area contributed by atoms with Gasteiger partial charge in [-0.1, -0.05) is 0 Å². The van der Waals surface area contributed by atoms with Crippen LogP contribution in [0.25, 0.3) is 0 Å². The van der Waals surface area contributed by atoms with Crippen molar-refractivity contribution in [2.75, 3.05) is 20.2 Å². The van der Waals surface area contributed by atoms with Crippen molar-refractivity contribution < 1.29 is 9.53 Å². The second-order valence-corrected chi connectivity index (χ2v) is 4.01. The minimum absolute atomic E-state index is 0.0643. The highest BCUT2D eigenvalue weighted by Gasteiger charge is 2.28. The summed E-state index contributed by atoms with van der Waals surface area (Å²) in [5, 5.41) is 5.77. The number of methoxy groups -OCH3 is 1. The van der Waals surface area contributed by atoms with E-state index in [0.29, 0.717) is 13.1 Å². The van der Waals surface area contributed by atoms with Gasteiger partial charge in [-0.3, -0.25) is 14.6 Å². The lowest BCUT2D eigenvalue weighted by Gasteiger charge is -2.18. The van der Waals surface area contributed by atoms with Gasteiger partial charge in [0.2, 0.25) is 0 Å². The number of hydrogen-bond acceptors (Lipinski definition) is 5. The largest absolute Gasteiger partial charge is 0.378 e. The molecule has 1 amide bonds. The van der Waals surface area contributed by atoms with E-state index >= 15 is 0 Å². The van der Waals surface area contributed by atoms with Crippen LogP contribution in [0.15, 0.2) is 15.7 Å². The first kappa shape index (κ1) is 12.5. The fourth-order valence-corrected chi connectivity index (χ4v) is 1.88. The van der Waals surface area contributed by atoms with Crippen LogP contribution >= 0.6 is 0 Å². The molecule has 2 rings (SSSR count). The van der Waals surface area contributed by atoms with Gasteiger partial charge in [0.1, 0.15) is 5.69 Å². The Kier molecular flexibility index (Phi) is 3.58. The highest BCUT2D eigenvalue weighted by Crippen LogP contribution is 2.04. The summed E-state index contributed by atoms with van der Waals surface area (Å²) >= 11 is 0. The first-order chi connectivity index (χ1) is 8.60. The molecule has 98 valence electrons. The molecule has 0 bridgehead atoms. The lowest BCUT2D eigenvalue weighted by atomic mass is 10.2. The van der Waals surface area contributed by atoms with Crippen LogP contribution in [0.1, 0.15) is 10.5 Å². The third-order valence-electron chi connectivity index (χ3n) is 2.78. The zero-order valence-corrected chi connectivity index (χ0v) is 9.78. The number of H-pyrrole nitrogens is 2. The van der Waals surface area contributed by atoms with Gasteiger partial charge in [0, 0.05) is 26.3 Å². The molecule has 8 heteroatoms. The minimum atomic E-state index is -0.708. The SMILES string of the molecule is CO[C@@H]1CNCC1NC(=O)c1cc(=O)[nH]c(=O)[nH]1. The van der Waals surface area contributed by atoms with Crippen LogP contribution in [0.4, 0.5) is 0 Å². The van der Waals surface area contributed by atoms with Crippen LogP contribution in [-0.4, -0.2) is 48.2 Å². The van der Waals surface area contributed by atoms with E-state index < -0.39 is 17.2 Å². The third kappa shape index (κ3) is 2.66. The number of rotatable bonds is 3. The molecule has 2 atom stereocenters. The monoisotopic (exact) mass is 254 g/mol. The number of aromatic amines is 2.